The molecule has 0 aliphatic heterocycles. The Morgan fingerprint density at radius 2 is 1.40 bits per heavy atom. The van der Waals surface area contributed by atoms with Crippen molar-refractivity contribution in [1.29, 1.82) is 0 Å². The second kappa shape index (κ2) is 4.97. The third kappa shape index (κ3) is 2.37. The first-order valence-corrected chi connectivity index (χ1v) is 6.69. The molecule has 0 spiro atoms. The van der Waals surface area contributed by atoms with Crippen LogP contribution >= 0.6 is 0 Å². The summed E-state index contributed by atoms with van der Waals surface area (Å²) in [6, 6.07) is 18.9. The van der Waals surface area contributed by atoms with Crippen LogP contribution < -0.4 is 0 Å². The van der Waals surface area contributed by atoms with Gasteiger partial charge < -0.3 is 0 Å². The Morgan fingerprint density at radius 3 is 2.00 bits per heavy atom. The van der Waals surface area contributed by atoms with E-state index in [0.29, 0.717) is 0 Å². The van der Waals surface area contributed by atoms with Crippen LogP contribution in [0.4, 0.5) is 0 Å². The van der Waals surface area contributed by atoms with E-state index in [0.717, 1.165) is 22.6 Å². The fraction of sp³-hybridized carbons (Fsp3) is 0.111. The summed E-state index contributed by atoms with van der Waals surface area (Å²) in [6.07, 6.45) is 0. The maximum Gasteiger partial charge on any atom is 0.0743 e. The van der Waals surface area contributed by atoms with Gasteiger partial charge in [-0.3, -0.25) is 0 Å². The van der Waals surface area contributed by atoms with Crippen LogP contribution in [0.2, 0.25) is 0 Å². The molecule has 2 nitrogen and oxygen atoms in total. The van der Waals surface area contributed by atoms with Crippen LogP contribution in [0, 0.1) is 20.8 Å². The highest BCUT2D eigenvalue weighted by Gasteiger charge is 2.09. The Labute approximate surface area is 119 Å². The predicted molar refractivity (Wildman–Crippen MR) is 82.9 cm³/mol. The molecular formula is C18H17N2. The number of aryl methyl sites for hydroxylation is 2. The SMILES string of the molecule is [CH2]c1cc(-c2ccc(C)cc2)n(-c2ccc(C)cc2)n1. The molecule has 20 heavy (non-hydrogen) atoms. The molecule has 0 N–H and O–H groups in total. The van der Waals surface area contributed by atoms with E-state index in [4.69, 9.17) is 0 Å². The molecule has 2 heteroatoms. The van der Waals surface area contributed by atoms with Crippen molar-refractivity contribution in [3.63, 3.8) is 0 Å². The van der Waals surface area contributed by atoms with E-state index >= 15 is 0 Å². The molecule has 3 aromatic rings. The molecule has 0 saturated carbocycles. The van der Waals surface area contributed by atoms with E-state index in [1.54, 1.807) is 0 Å². The second-order valence-electron chi connectivity index (χ2n) is 5.13. The van der Waals surface area contributed by atoms with Crippen molar-refractivity contribution in [3.8, 4) is 16.9 Å². The zero-order valence-electron chi connectivity index (χ0n) is 11.8. The lowest BCUT2D eigenvalue weighted by Gasteiger charge is -2.08. The van der Waals surface area contributed by atoms with Gasteiger partial charge in [0, 0.05) is 5.56 Å². The van der Waals surface area contributed by atoms with Gasteiger partial charge in [0.05, 0.1) is 17.1 Å². The normalized spacial score (nSPS) is 10.8. The maximum absolute atomic E-state index is 4.51. The molecule has 0 aliphatic carbocycles. The summed E-state index contributed by atoms with van der Waals surface area (Å²) in [4.78, 5) is 0. The molecule has 1 aromatic heterocycles. The van der Waals surface area contributed by atoms with Gasteiger partial charge in [-0.2, -0.15) is 5.10 Å². The van der Waals surface area contributed by atoms with Crippen molar-refractivity contribution in [2.24, 2.45) is 0 Å². The van der Waals surface area contributed by atoms with Gasteiger partial charge in [0.15, 0.2) is 0 Å². The van der Waals surface area contributed by atoms with E-state index in [9.17, 15) is 0 Å². The molecule has 3 rings (SSSR count). The van der Waals surface area contributed by atoms with Gasteiger partial charge in [-0.15, -0.1) is 0 Å². The number of aromatic nitrogens is 2. The van der Waals surface area contributed by atoms with Gasteiger partial charge in [-0.1, -0.05) is 47.5 Å². The molecule has 2 aromatic carbocycles. The summed E-state index contributed by atoms with van der Waals surface area (Å²) in [5.74, 6) is 0. The highest BCUT2D eigenvalue weighted by Crippen LogP contribution is 2.24. The summed E-state index contributed by atoms with van der Waals surface area (Å²) in [5, 5.41) is 4.51. The standard InChI is InChI=1S/C18H17N2/c1-13-4-8-16(9-5-13)18-12-15(3)19-20(18)17-10-6-14(2)7-11-17/h4-12H,3H2,1-2H3. The van der Waals surface area contributed by atoms with Gasteiger partial charge in [0.1, 0.15) is 0 Å². The molecule has 0 saturated heterocycles. The van der Waals surface area contributed by atoms with Crippen molar-refractivity contribution < 1.29 is 0 Å². The molecule has 99 valence electrons. The maximum atomic E-state index is 4.51. The highest BCUT2D eigenvalue weighted by molar-refractivity contribution is 5.63. The van der Waals surface area contributed by atoms with E-state index < -0.39 is 0 Å². The first kappa shape index (κ1) is 12.7. The van der Waals surface area contributed by atoms with Gasteiger partial charge in [-0.25, -0.2) is 4.68 Å². The lowest BCUT2D eigenvalue weighted by atomic mass is 10.1. The minimum absolute atomic E-state index is 0.779. The summed E-state index contributed by atoms with van der Waals surface area (Å²) in [5.41, 5.74) is 6.55. The first-order valence-electron chi connectivity index (χ1n) is 6.69. The van der Waals surface area contributed by atoms with Crippen LogP contribution in [0.1, 0.15) is 16.8 Å². The van der Waals surface area contributed by atoms with Gasteiger partial charge in [0.2, 0.25) is 0 Å². The number of benzene rings is 2. The van der Waals surface area contributed by atoms with Crippen LogP contribution in [0.25, 0.3) is 16.9 Å². The Balaban J connectivity index is 2.12. The van der Waals surface area contributed by atoms with E-state index in [2.05, 4.69) is 74.4 Å². The van der Waals surface area contributed by atoms with E-state index in [1.165, 1.54) is 11.1 Å². The van der Waals surface area contributed by atoms with Crippen LogP contribution in [-0.4, -0.2) is 9.78 Å². The van der Waals surface area contributed by atoms with Gasteiger partial charge in [0.25, 0.3) is 0 Å². The van der Waals surface area contributed by atoms with Crippen molar-refractivity contribution in [3.05, 3.63) is 78.3 Å². The average molecular weight is 261 g/mol. The molecule has 0 bridgehead atoms. The number of hydrogen-bond acceptors (Lipinski definition) is 1. The smallest absolute Gasteiger partial charge is 0.0743 e. The molecule has 0 atom stereocenters. The Hall–Kier alpha value is -2.35. The average Bonchev–Trinajstić information content (AvgIpc) is 2.82. The molecule has 1 heterocycles. The molecule has 0 aliphatic rings. The van der Waals surface area contributed by atoms with Crippen molar-refractivity contribution in [2.75, 3.05) is 0 Å². The number of hydrogen-bond donors (Lipinski definition) is 0. The Kier molecular flexibility index (Phi) is 3.15. The predicted octanol–water partition coefficient (Wildman–Crippen LogP) is 4.34. The van der Waals surface area contributed by atoms with E-state index in [1.807, 2.05) is 10.7 Å². The third-order valence-corrected chi connectivity index (χ3v) is 3.39. The van der Waals surface area contributed by atoms with Crippen molar-refractivity contribution in [1.82, 2.24) is 9.78 Å². The fourth-order valence-corrected chi connectivity index (χ4v) is 2.24. The van der Waals surface area contributed by atoms with E-state index in [-0.39, 0.29) is 0 Å². The highest BCUT2D eigenvalue weighted by atomic mass is 15.3. The lowest BCUT2D eigenvalue weighted by molar-refractivity contribution is 0.878. The van der Waals surface area contributed by atoms with Crippen LogP contribution in [0.3, 0.4) is 0 Å². The van der Waals surface area contributed by atoms with Gasteiger partial charge >= 0.3 is 0 Å². The van der Waals surface area contributed by atoms with Crippen LogP contribution in [0.5, 0.6) is 0 Å². The van der Waals surface area contributed by atoms with Crippen molar-refractivity contribution in [2.45, 2.75) is 13.8 Å². The minimum atomic E-state index is 0.779. The lowest BCUT2D eigenvalue weighted by Crippen LogP contribution is -1.99. The van der Waals surface area contributed by atoms with Gasteiger partial charge in [-0.05, 0) is 39.0 Å². The Morgan fingerprint density at radius 1 is 0.850 bits per heavy atom. The largest absolute Gasteiger partial charge is 0.233 e. The zero-order valence-corrected chi connectivity index (χ0v) is 11.8. The Bertz CT molecular complexity index is 656. The summed E-state index contributed by atoms with van der Waals surface area (Å²) >= 11 is 0. The molecule has 0 unspecified atom stereocenters. The summed E-state index contributed by atoms with van der Waals surface area (Å²) in [6.45, 7) is 8.13. The first-order chi connectivity index (χ1) is 9.63. The number of rotatable bonds is 2. The quantitative estimate of drug-likeness (QED) is 0.671. The molecule has 0 amide bonds. The summed E-state index contributed by atoms with van der Waals surface area (Å²) < 4.78 is 1.95. The van der Waals surface area contributed by atoms with Crippen molar-refractivity contribution >= 4 is 0 Å². The fourth-order valence-electron chi connectivity index (χ4n) is 2.24. The van der Waals surface area contributed by atoms with Crippen LogP contribution in [-0.2, 0) is 0 Å². The molecule has 0 fully saturated rings. The topological polar surface area (TPSA) is 17.8 Å². The number of nitrogens with zero attached hydrogens (tertiary/aromatic N) is 2. The monoisotopic (exact) mass is 261 g/mol. The molecular weight excluding hydrogens is 244 g/mol. The van der Waals surface area contributed by atoms with Crippen LogP contribution in [0.15, 0.2) is 54.6 Å². The zero-order chi connectivity index (χ0) is 14.1. The second-order valence-corrected chi connectivity index (χ2v) is 5.13. The third-order valence-electron chi connectivity index (χ3n) is 3.39. The summed E-state index contributed by atoms with van der Waals surface area (Å²) in [7, 11) is 0. The minimum Gasteiger partial charge on any atom is -0.233 e. The molecule has 1 radical (unpaired) electrons.